The Hall–Kier alpha value is -2.25. The zero-order valence-corrected chi connectivity index (χ0v) is 15.1. The largest absolute Gasteiger partial charge is 0.379 e. The summed E-state index contributed by atoms with van der Waals surface area (Å²) in [6, 6.07) is 3.53. The third kappa shape index (κ3) is 3.37. The second-order valence-corrected chi connectivity index (χ2v) is 7.01. The Labute approximate surface area is 153 Å². The van der Waals surface area contributed by atoms with Gasteiger partial charge in [-0.2, -0.15) is 5.10 Å². The van der Waals surface area contributed by atoms with Crippen molar-refractivity contribution in [2.24, 2.45) is 0 Å². The van der Waals surface area contributed by atoms with E-state index in [1.54, 1.807) is 17.3 Å². The van der Waals surface area contributed by atoms with Crippen LogP contribution in [0.1, 0.15) is 35.0 Å². The Morgan fingerprint density at radius 3 is 3.00 bits per heavy atom. The number of likely N-dealkylation sites (N-methyl/N-ethyl adjacent to an activating group) is 1. The maximum atomic E-state index is 13.3. The molecule has 4 rings (SSSR count). The average molecular weight is 355 g/mol. The summed E-state index contributed by atoms with van der Waals surface area (Å²) in [6.07, 6.45) is 6.81. The molecule has 0 radical (unpaired) electrons. The first-order valence-corrected chi connectivity index (χ1v) is 9.25. The Bertz CT molecular complexity index is 755. The van der Waals surface area contributed by atoms with Crippen LogP contribution in [0.25, 0.3) is 0 Å². The molecule has 1 aliphatic heterocycles. The molecular weight excluding hydrogens is 330 g/mol. The van der Waals surface area contributed by atoms with Crippen molar-refractivity contribution in [3.63, 3.8) is 0 Å². The van der Waals surface area contributed by atoms with Gasteiger partial charge in [-0.25, -0.2) is 0 Å². The molecule has 2 aromatic rings. The minimum Gasteiger partial charge on any atom is -0.379 e. The van der Waals surface area contributed by atoms with Crippen LogP contribution >= 0.6 is 0 Å². The van der Waals surface area contributed by atoms with Crippen LogP contribution in [0.15, 0.2) is 24.5 Å². The fourth-order valence-electron chi connectivity index (χ4n) is 3.91. The standard InChI is InChI=1S/C19H25N5O2/c1-23(13-17-15-5-2-6-16(15)21-22-17)19(25)18(14-4-3-7-20-12-14)24-8-10-26-11-9-24/h3-4,7,12,18H,2,5-6,8-11,13H2,1H3,(H,21,22)/t18-/m1/s1. The Morgan fingerprint density at radius 1 is 1.38 bits per heavy atom. The lowest BCUT2D eigenvalue weighted by Gasteiger charge is -2.35. The highest BCUT2D eigenvalue weighted by Gasteiger charge is 2.32. The number of aromatic nitrogens is 3. The molecule has 1 N–H and O–H groups in total. The number of hydrogen-bond donors (Lipinski definition) is 1. The van der Waals surface area contributed by atoms with Crippen LogP contribution in [-0.2, 0) is 28.9 Å². The van der Waals surface area contributed by atoms with Crippen molar-refractivity contribution in [1.29, 1.82) is 0 Å². The number of pyridine rings is 1. The van der Waals surface area contributed by atoms with Crippen LogP contribution < -0.4 is 0 Å². The molecule has 1 fully saturated rings. The minimum atomic E-state index is -0.329. The third-order valence-corrected chi connectivity index (χ3v) is 5.30. The summed E-state index contributed by atoms with van der Waals surface area (Å²) in [5, 5.41) is 7.57. The number of nitrogens with zero attached hydrogens (tertiary/aromatic N) is 4. The number of ether oxygens (including phenoxy) is 1. The van der Waals surface area contributed by atoms with Crippen LogP contribution in [0.2, 0.25) is 0 Å². The van der Waals surface area contributed by atoms with E-state index in [-0.39, 0.29) is 11.9 Å². The van der Waals surface area contributed by atoms with Gasteiger partial charge in [0, 0.05) is 38.2 Å². The summed E-state index contributed by atoms with van der Waals surface area (Å²) < 4.78 is 5.47. The van der Waals surface area contributed by atoms with Crippen molar-refractivity contribution < 1.29 is 9.53 Å². The molecule has 7 nitrogen and oxygen atoms in total. The number of H-pyrrole nitrogens is 1. The molecule has 138 valence electrons. The average Bonchev–Trinajstić information content (AvgIpc) is 3.29. The SMILES string of the molecule is CN(Cc1n[nH]c2c1CCC2)C(=O)[C@@H](c1cccnc1)N1CCOCC1. The third-order valence-electron chi connectivity index (χ3n) is 5.30. The second kappa shape index (κ2) is 7.55. The van der Waals surface area contributed by atoms with Gasteiger partial charge in [-0.3, -0.25) is 19.8 Å². The lowest BCUT2D eigenvalue weighted by atomic mass is 10.0. The molecule has 2 aromatic heterocycles. The summed E-state index contributed by atoms with van der Waals surface area (Å²) in [5.41, 5.74) is 4.46. The quantitative estimate of drug-likeness (QED) is 0.876. The van der Waals surface area contributed by atoms with Gasteiger partial charge in [-0.15, -0.1) is 0 Å². The number of fused-ring (bicyclic) bond motifs is 1. The zero-order valence-electron chi connectivity index (χ0n) is 15.1. The number of rotatable bonds is 5. The van der Waals surface area contributed by atoms with Crippen LogP contribution in [0.3, 0.4) is 0 Å². The van der Waals surface area contributed by atoms with Crippen LogP contribution in [0.5, 0.6) is 0 Å². The molecule has 0 aromatic carbocycles. The van der Waals surface area contributed by atoms with Crippen molar-refractivity contribution in [3.8, 4) is 0 Å². The highest BCUT2D eigenvalue weighted by atomic mass is 16.5. The van der Waals surface area contributed by atoms with Gasteiger partial charge in [0.25, 0.3) is 0 Å². The van der Waals surface area contributed by atoms with Gasteiger partial charge in [-0.05, 0) is 36.5 Å². The molecule has 2 aliphatic rings. The molecule has 1 atom stereocenters. The summed E-state index contributed by atoms with van der Waals surface area (Å²) in [6.45, 7) is 3.33. The maximum Gasteiger partial charge on any atom is 0.244 e. The summed E-state index contributed by atoms with van der Waals surface area (Å²) in [4.78, 5) is 21.5. The van der Waals surface area contributed by atoms with Gasteiger partial charge in [0.15, 0.2) is 0 Å². The number of carbonyl (C=O) groups excluding carboxylic acids is 1. The Morgan fingerprint density at radius 2 is 2.23 bits per heavy atom. The molecular formula is C19H25N5O2. The molecule has 0 saturated carbocycles. The highest BCUT2D eigenvalue weighted by molar-refractivity contribution is 5.83. The fourth-order valence-corrected chi connectivity index (χ4v) is 3.91. The molecule has 7 heteroatoms. The highest BCUT2D eigenvalue weighted by Crippen LogP contribution is 2.26. The van der Waals surface area contributed by atoms with E-state index in [1.807, 2.05) is 19.2 Å². The number of amides is 1. The number of morpholine rings is 1. The van der Waals surface area contributed by atoms with Crippen LogP contribution in [0.4, 0.5) is 0 Å². The van der Waals surface area contributed by atoms with E-state index in [0.717, 1.165) is 37.2 Å². The van der Waals surface area contributed by atoms with E-state index < -0.39 is 0 Å². The molecule has 0 unspecified atom stereocenters. The van der Waals surface area contributed by atoms with Gasteiger partial charge in [-0.1, -0.05) is 6.07 Å². The summed E-state index contributed by atoms with van der Waals surface area (Å²) >= 11 is 0. The lowest BCUT2D eigenvalue weighted by Crippen LogP contribution is -2.46. The van der Waals surface area contributed by atoms with E-state index in [4.69, 9.17) is 4.74 Å². The molecule has 1 amide bonds. The second-order valence-electron chi connectivity index (χ2n) is 7.01. The van der Waals surface area contributed by atoms with Gasteiger partial charge < -0.3 is 9.64 Å². The Balaban J connectivity index is 1.55. The van der Waals surface area contributed by atoms with E-state index in [9.17, 15) is 4.79 Å². The molecule has 1 aliphatic carbocycles. The molecule has 3 heterocycles. The van der Waals surface area contributed by atoms with Crippen molar-refractivity contribution in [2.45, 2.75) is 31.8 Å². The van der Waals surface area contributed by atoms with E-state index in [1.165, 1.54) is 17.7 Å². The normalized spacial score (nSPS) is 18.5. The van der Waals surface area contributed by atoms with E-state index in [0.29, 0.717) is 19.8 Å². The van der Waals surface area contributed by atoms with Crippen molar-refractivity contribution in [1.82, 2.24) is 25.0 Å². The van der Waals surface area contributed by atoms with Gasteiger partial charge in [0.2, 0.25) is 5.91 Å². The monoisotopic (exact) mass is 355 g/mol. The summed E-state index contributed by atoms with van der Waals surface area (Å²) in [7, 11) is 1.86. The van der Waals surface area contributed by atoms with E-state index >= 15 is 0 Å². The minimum absolute atomic E-state index is 0.0784. The number of aryl methyl sites for hydroxylation is 1. The fraction of sp³-hybridized carbons (Fsp3) is 0.526. The maximum absolute atomic E-state index is 13.3. The number of nitrogens with one attached hydrogen (secondary N) is 1. The van der Waals surface area contributed by atoms with Crippen molar-refractivity contribution >= 4 is 5.91 Å². The first-order valence-electron chi connectivity index (χ1n) is 9.25. The first-order chi connectivity index (χ1) is 12.7. The van der Waals surface area contributed by atoms with E-state index in [2.05, 4.69) is 20.1 Å². The molecule has 26 heavy (non-hydrogen) atoms. The van der Waals surface area contributed by atoms with Gasteiger partial charge in [0.05, 0.1) is 25.5 Å². The van der Waals surface area contributed by atoms with Gasteiger partial charge >= 0.3 is 0 Å². The summed E-state index contributed by atoms with van der Waals surface area (Å²) in [5.74, 6) is 0.0784. The molecule has 0 spiro atoms. The number of carbonyl (C=O) groups is 1. The molecule has 1 saturated heterocycles. The predicted molar refractivity (Wildman–Crippen MR) is 96.5 cm³/mol. The van der Waals surface area contributed by atoms with Crippen LogP contribution in [-0.4, -0.2) is 64.2 Å². The topological polar surface area (TPSA) is 74.4 Å². The predicted octanol–water partition coefficient (Wildman–Crippen LogP) is 1.33. The van der Waals surface area contributed by atoms with Crippen molar-refractivity contribution in [2.75, 3.05) is 33.4 Å². The Kier molecular flexibility index (Phi) is 4.99. The molecule has 0 bridgehead atoms. The smallest absolute Gasteiger partial charge is 0.244 e. The first kappa shape index (κ1) is 17.2. The zero-order chi connectivity index (χ0) is 17.9. The lowest BCUT2D eigenvalue weighted by molar-refractivity contribution is -0.138. The number of hydrogen-bond acceptors (Lipinski definition) is 5. The number of aromatic amines is 1. The van der Waals surface area contributed by atoms with Crippen molar-refractivity contribution in [3.05, 3.63) is 47.0 Å². The van der Waals surface area contributed by atoms with Gasteiger partial charge in [0.1, 0.15) is 6.04 Å². The van der Waals surface area contributed by atoms with Crippen LogP contribution in [0, 0.1) is 0 Å².